The number of alkyl halides is 3. The third-order valence-electron chi connectivity index (χ3n) is 6.82. The van der Waals surface area contributed by atoms with Gasteiger partial charge in [0.1, 0.15) is 17.2 Å². The van der Waals surface area contributed by atoms with Gasteiger partial charge in [-0.25, -0.2) is 8.78 Å². The Balaban J connectivity index is 1.26. The molecular weight excluding hydrogens is 459 g/mol. The first kappa shape index (κ1) is 23.4. The molecule has 5 rings (SSSR count). The molecule has 2 aliphatic heterocycles. The van der Waals surface area contributed by atoms with Crippen LogP contribution in [0.2, 0.25) is 0 Å². The number of rotatable bonds is 5. The number of benzene rings is 1. The first-order valence-corrected chi connectivity index (χ1v) is 11.3. The lowest BCUT2D eigenvalue weighted by atomic mass is 10.0. The molecule has 3 fully saturated rings. The highest BCUT2D eigenvalue weighted by molar-refractivity contribution is 5.63. The second-order valence-corrected chi connectivity index (χ2v) is 9.23. The van der Waals surface area contributed by atoms with Gasteiger partial charge in [0.05, 0.1) is 31.6 Å². The van der Waals surface area contributed by atoms with E-state index in [1.165, 1.54) is 0 Å². The fraction of sp³-hybridized carbons (Fsp3) is 0.565. The first-order chi connectivity index (χ1) is 16.3. The van der Waals surface area contributed by atoms with Crippen molar-refractivity contribution in [1.82, 2.24) is 15.1 Å². The Labute approximate surface area is 193 Å². The van der Waals surface area contributed by atoms with Gasteiger partial charge in [-0.15, -0.1) is 10.2 Å². The second kappa shape index (κ2) is 9.35. The van der Waals surface area contributed by atoms with Crippen LogP contribution in [0.4, 0.5) is 27.8 Å². The van der Waals surface area contributed by atoms with Gasteiger partial charge in [-0.3, -0.25) is 0 Å². The highest BCUT2D eigenvalue weighted by Crippen LogP contribution is 2.41. The molecule has 11 heteroatoms. The van der Waals surface area contributed by atoms with Crippen LogP contribution in [0.15, 0.2) is 24.3 Å². The number of ether oxygens (including phenoxy) is 2. The highest BCUT2D eigenvalue weighted by Gasteiger charge is 2.43. The smallest absolute Gasteiger partial charge is 0.376 e. The van der Waals surface area contributed by atoms with E-state index >= 15 is 0 Å². The maximum absolute atomic E-state index is 14.1. The van der Waals surface area contributed by atoms with E-state index in [4.69, 9.17) is 9.47 Å². The fourth-order valence-electron chi connectivity index (χ4n) is 5.33. The Hall–Kier alpha value is -2.37. The summed E-state index contributed by atoms with van der Waals surface area (Å²) in [5.41, 5.74) is -1.79. The van der Waals surface area contributed by atoms with Gasteiger partial charge in [-0.1, -0.05) is 0 Å². The molecule has 1 aromatic carbocycles. The third kappa shape index (κ3) is 5.01. The average Bonchev–Trinajstić information content (AvgIpc) is 3.33. The summed E-state index contributed by atoms with van der Waals surface area (Å²) < 4.78 is 80.2. The van der Waals surface area contributed by atoms with E-state index in [9.17, 15) is 22.0 Å². The molecule has 0 amide bonds. The minimum absolute atomic E-state index is 0.0626. The Morgan fingerprint density at radius 3 is 2.47 bits per heavy atom. The van der Waals surface area contributed by atoms with Crippen LogP contribution >= 0.6 is 0 Å². The van der Waals surface area contributed by atoms with Gasteiger partial charge in [0.15, 0.2) is 5.82 Å². The van der Waals surface area contributed by atoms with Crippen LogP contribution in [-0.2, 0) is 15.7 Å². The zero-order valence-electron chi connectivity index (χ0n) is 18.3. The van der Waals surface area contributed by atoms with Crippen molar-refractivity contribution < 1.29 is 31.4 Å². The Kier molecular flexibility index (Phi) is 6.43. The van der Waals surface area contributed by atoms with Crippen molar-refractivity contribution in [2.45, 2.75) is 31.2 Å². The summed E-state index contributed by atoms with van der Waals surface area (Å²) >= 11 is 0. The zero-order valence-corrected chi connectivity index (χ0v) is 18.3. The van der Waals surface area contributed by atoms with Crippen molar-refractivity contribution >= 4 is 5.82 Å². The molecule has 1 aliphatic carbocycles. The molecule has 0 unspecified atom stereocenters. The minimum atomic E-state index is -4.73. The molecule has 1 aromatic heterocycles. The molecule has 3 heterocycles. The van der Waals surface area contributed by atoms with Gasteiger partial charge in [0.2, 0.25) is 0 Å². The van der Waals surface area contributed by atoms with E-state index < -0.39 is 23.4 Å². The van der Waals surface area contributed by atoms with Crippen molar-refractivity contribution in [2.75, 3.05) is 44.8 Å². The van der Waals surface area contributed by atoms with Crippen molar-refractivity contribution in [2.24, 2.45) is 11.8 Å². The number of nitrogens with one attached hydrogen (secondary N) is 1. The van der Waals surface area contributed by atoms with Crippen molar-refractivity contribution in [3.8, 4) is 11.3 Å². The normalized spacial score (nSPS) is 27.7. The predicted molar refractivity (Wildman–Crippen MR) is 113 cm³/mol. The summed E-state index contributed by atoms with van der Waals surface area (Å²) in [6.07, 6.45) is -3.22. The van der Waals surface area contributed by atoms with Crippen LogP contribution in [0.25, 0.3) is 11.3 Å². The third-order valence-corrected chi connectivity index (χ3v) is 6.82. The van der Waals surface area contributed by atoms with Gasteiger partial charge < -0.3 is 19.7 Å². The van der Waals surface area contributed by atoms with E-state index in [2.05, 4.69) is 20.4 Å². The minimum Gasteiger partial charge on any atom is -0.376 e. The van der Waals surface area contributed by atoms with E-state index in [-0.39, 0.29) is 29.2 Å². The number of hydrogen-bond donors (Lipinski definition) is 1. The van der Waals surface area contributed by atoms with Crippen LogP contribution < -0.4 is 5.32 Å². The van der Waals surface area contributed by atoms with E-state index in [1.54, 1.807) is 0 Å². The van der Waals surface area contributed by atoms with Crippen molar-refractivity contribution in [3.05, 3.63) is 41.5 Å². The molecule has 3 aliphatic rings. The molecule has 34 heavy (non-hydrogen) atoms. The predicted octanol–water partition coefficient (Wildman–Crippen LogP) is 3.98. The molecule has 0 spiro atoms. The summed E-state index contributed by atoms with van der Waals surface area (Å²) in [7, 11) is 0. The maximum atomic E-state index is 14.1. The lowest BCUT2D eigenvalue weighted by Crippen LogP contribution is -2.39. The Morgan fingerprint density at radius 2 is 1.79 bits per heavy atom. The van der Waals surface area contributed by atoms with E-state index in [1.807, 2.05) is 0 Å². The van der Waals surface area contributed by atoms with E-state index in [0.717, 1.165) is 56.7 Å². The number of likely N-dealkylation sites (tertiary alicyclic amines) is 1. The maximum Gasteiger partial charge on any atom is 0.420 e. The molecule has 2 aromatic rings. The standard InChI is InChI=1S/C23H25F5N4O2/c24-15-1-2-20(25)18(7-15)21-8-19(23(26,27)28)22(31-30-21)29-16-5-13-9-32(10-14(13)6-16)11-17-12-33-3-4-34-17/h1-2,7-8,13-14,16-17H,3-6,9-12H2,(H,29,31)/t13-,14+,16-,17-/m0/s1. The topological polar surface area (TPSA) is 59.5 Å². The van der Waals surface area contributed by atoms with Crippen LogP contribution in [0.1, 0.15) is 18.4 Å². The average molecular weight is 484 g/mol. The van der Waals surface area contributed by atoms with Crippen LogP contribution in [0.5, 0.6) is 0 Å². The second-order valence-electron chi connectivity index (χ2n) is 9.23. The number of aromatic nitrogens is 2. The molecule has 1 N–H and O–H groups in total. The van der Waals surface area contributed by atoms with Crippen molar-refractivity contribution in [3.63, 3.8) is 0 Å². The summed E-state index contributed by atoms with van der Waals surface area (Å²) in [4.78, 5) is 2.34. The van der Waals surface area contributed by atoms with Gasteiger partial charge >= 0.3 is 6.18 Å². The molecule has 4 atom stereocenters. The van der Waals surface area contributed by atoms with Gasteiger partial charge in [-0.05, 0) is 48.9 Å². The van der Waals surface area contributed by atoms with Crippen LogP contribution in [0, 0.1) is 23.5 Å². The summed E-state index contributed by atoms with van der Waals surface area (Å²) in [5, 5.41) is 10.4. The van der Waals surface area contributed by atoms with Crippen molar-refractivity contribution in [1.29, 1.82) is 0 Å². The summed E-state index contributed by atoms with van der Waals surface area (Å²) in [6, 6.07) is 3.09. The number of fused-ring (bicyclic) bond motifs is 1. The molecule has 0 radical (unpaired) electrons. The zero-order chi connectivity index (χ0) is 23.9. The monoisotopic (exact) mass is 484 g/mol. The van der Waals surface area contributed by atoms with E-state index in [0.29, 0.717) is 31.7 Å². The molecule has 2 saturated heterocycles. The number of nitrogens with zero attached hydrogens (tertiary/aromatic N) is 3. The molecule has 1 saturated carbocycles. The fourth-order valence-corrected chi connectivity index (χ4v) is 5.33. The molecule has 184 valence electrons. The lowest BCUT2D eigenvalue weighted by molar-refractivity contribution is -0.137. The molecular formula is C23H25F5N4O2. The SMILES string of the molecule is Fc1ccc(F)c(-c2cc(C(F)(F)F)c(N[C@@H]3C[C@@H]4CN(C[C@H]5COCCO5)C[C@@H]4C3)nn2)c1. The first-order valence-electron chi connectivity index (χ1n) is 11.3. The number of anilines is 1. The van der Waals surface area contributed by atoms with Gasteiger partial charge in [0, 0.05) is 31.2 Å². The lowest BCUT2D eigenvalue weighted by Gasteiger charge is -2.28. The number of halogens is 5. The Morgan fingerprint density at radius 1 is 1.03 bits per heavy atom. The highest BCUT2D eigenvalue weighted by atomic mass is 19.4. The summed E-state index contributed by atoms with van der Waals surface area (Å²) in [6.45, 7) is 4.36. The molecule has 6 nitrogen and oxygen atoms in total. The quantitative estimate of drug-likeness (QED) is 0.648. The molecule has 0 bridgehead atoms. The number of hydrogen-bond acceptors (Lipinski definition) is 6. The summed E-state index contributed by atoms with van der Waals surface area (Å²) in [5.74, 6) is -1.27. The van der Waals surface area contributed by atoms with Crippen LogP contribution in [0.3, 0.4) is 0 Å². The van der Waals surface area contributed by atoms with Gasteiger partial charge in [0.25, 0.3) is 0 Å². The van der Waals surface area contributed by atoms with Crippen LogP contribution in [-0.4, -0.2) is 66.7 Å². The largest absolute Gasteiger partial charge is 0.420 e. The Bertz CT molecular complexity index is 1020. The van der Waals surface area contributed by atoms with Gasteiger partial charge in [-0.2, -0.15) is 13.2 Å².